The molecule has 0 atom stereocenters. The second-order valence-electron chi connectivity index (χ2n) is 8.08. The minimum absolute atomic E-state index is 0.253. The van der Waals surface area contributed by atoms with Crippen LogP contribution in [0, 0.1) is 13.8 Å². The lowest BCUT2D eigenvalue weighted by atomic mass is 10.1. The molecule has 0 spiro atoms. The molecule has 4 rings (SSSR count). The summed E-state index contributed by atoms with van der Waals surface area (Å²) in [7, 11) is 5.49. The predicted molar refractivity (Wildman–Crippen MR) is 124 cm³/mol. The summed E-state index contributed by atoms with van der Waals surface area (Å²) in [6.45, 7) is 7.54. The highest BCUT2D eigenvalue weighted by Crippen LogP contribution is 2.25. The number of amides is 1. The van der Waals surface area contributed by atoms with Crippen molar-refractivity contribution in [1.82, 2.24) is 24.6 Å². The highest BCUT2D eigenvalue weighted by atomic mass is 16.5. The Morgan fingerprint density at radius 2 is 1.72 bits per heavy atom. The van der Waals surface area contributed by atoms with Gasteiger partial charge in [-0.3, -0.25) is 9.48 Å². The van der Waals surface area contributed by atoms with Gasteiger partial charge in [0.25, 0.3) is 5.91 Å². The van der Waals surface area contributed by atoms with Gasteiger partial charge in [-0.2, -0.15) is 5.10 Å². The third-order valence-electron chi connectivity index (χ3n) is 5.76. The maximum Gasteiger partial charge on any atom is 0.274 e. The Kier molecular flexibility index (Phi) is 6.09. The molecule has 9 heteroatoms. The van der Waals surface area contributed by atoms with Gasteiger partial charge in [0.05, 0.1) is 29.9 Å². The van der Waals surface area contributed by atoms with E-state index in [1.807, 2.05) is 38.1 Å². The van der Waals surface area contributed by atoms with Gasteiger partial charge in [0.1, 0.15) is 11.4 Å². The minimum atomic E-state index is -0.253. The van der Waals surface area contributed by atoms with Crippen LogP contribution in [0.15, 0.2) is 30.3 Å². The molecule has 1 fully saturated rings. The van der Waals surface area contributed by atoms with Gasteiger partial charge in [-0.1, -0.05) is 12.1 Å². The van der Waals surface area contributed by atoms with E-state index in [0.29, 0.717) is 23.0 Å². The smallest absolute Gasteiger partial charge is 0.274 e. The van der Waals surface area contributed by atoms with E-state index >= 15 is 0 Å². The zero-order valence-electron chi connectivity index (χ0n) is 19.2. The number of carbonyl (C=O) groups is 1. The number of nitrogens with zero attached hydrogens (tertiary/aromatic N) is 6. The summed E-state index contributed by atoms with van der Waals surface area (Å²) >= 11 is 0. The van der Waals surface area contributed by atoms with E-state index < -0.39 is 0 Å². The Labute approximate surface area is 188 Å². The molecule has 1 aliphatic heterocycles. The highest BCUT2D eigenvalue weighted by molar-refractivity contribution is 6.04. The van der Waals surface area contributed by atoms with Crippen LogP contribution < -0.4 is 15.0 Å². The van der Waals surface area contributed by atoms with Crippen molar-refractivity contribution in [2.75, 3.05) is 50.6 Å². The number of hydrogen-bond acceptors (Lipinski definition) is 7. The predicted octanol–water partition coefficient (Wildman–Crippen LogP) is 2.51. The number of anilines is 2. The van der Waals surface area contributed by atoms with E-state index in [1.165, 1.54) is 0 Å². The van der Waals surface area contributed by atoms with Crippen molar-refractivity contribution in [3.05, 3.63) is 47.4 Å². The summed E-state index contributed by atoms with van der Waals surface area (Å²) in [6.07, 6.45) is 0. The van der Waals surface area contributed by atoms with Crippen molar-refractivity contribution >= 4 is 17.5 Å². The zero-order valence-corrected chi connectivity index (χ0v) is 19.2. The molecule has 0 aliphatic carbocycles. The molecule has 1 aliphatic rings. The molecule has 9 nitrogen and oxygen atoms in total. The van der Waals surface area contributed by atoms with Crippen molar-refractivity contribution in [2.24, 2.45) is 7.05 Å². The first-order chi connectivity index (χ1) is 15.4. The van der Waals surface area contributed by atoms with E-state index in [1.54, 1.807) is 24.9 Å². The van der Waals surface area contributed by atoms with Gasteiger partial charge in [-0.05, 0) is 39.1 Å². The standard InChI is InChI=1S/C23H29N7O2/c1-15-21(16(2)25-23(24-15)30-11-9-28(3)10-12-30)26-22(31)20-14-19(27-29(20)4)17-7-6-8-18(13-17)32-5/h6-8,13-14H,9-12H2,1-5H3,(H,26,31). The molecule has 32 heavy (non-hydrogen) atoms. The number of aryl methyl sites for hydroxylation is 3. The maximum absolute atomic E-state index is 13.1. The number of hydrogen-bond donors (Lipinski definition) is 1. The Balaban J connectivity index is 1.54. The van der Waals surface area contributed by atoms with E-state index in [9.17, 15) is 4.79 Å². The van der Waals surface area contributed by atoms with Crippen molar-refractivity contribution in [3.63, 3.8) is 0 Å². The van der Waals surface area contributed by atoms with Crippen molar-refractivity contribution in [1.29, 1.82) is 0 Å². The molecule has 1 amide bonds. The van der Waals surface area contributed by atoms with Crippen LogP contribution >= 0.6 is 0 Å². The van der Waals surface area contributed by atoms with Gasteiger partial charge < -0.3 is 19.9 Å². The first-order valence-electron chi connectivity index (χ1n) is 10.6. The number of piperazine rings is 1. The fourth-order valence-electron chi connectivity index (χ4n) is 3.81. The summed E-state index contributed by atoms with van der Waals surface area (Å²) in [5, 5.41) is 7.49. The molecule has 168 valence electrons. The fourth-order valence-corrected chi connectivity index (χ4v) is 3.81. The van der Waals surface area contributed by atoms with Crippen LogP contribution in [0.5, 0.6) is 5.75 Å². The van der Waals surface area contributed by atoms with Crippen LogP contribution in [0.25, 0.3) is 11.3 Å². The number of ether oxygens (including phenoxy) is 1. The fraction of sp³-hybridized carbons (Fsp3) is 0.391. The second-order valence-corrected chi connectivity index (χ2v) is 8.08. The zero-order chi connectivity index (χ0) is 22.8. The quantitative estimate of drug-likeness (QED) is 0.659. The van der Waals surface area contributed by atoms with Crippen LogP contribution in [-0.4, -0.2) is 70.9 Å². The van der Waals surface area contributed by atoms with Crippen LogP contribution in [0.4, 0.5) is 11.6 Å². The third-order valence-corrected chi connectivity index (χ3v) is 5.76. The molecular weight excluding hydrogens is 406 g/mol. The van der Waals surface area contributed by atoms with Gasteiger partial charge in [0, 0.05) is 38.8 Å². The average molecular weight is 436 g/mol. The summed E-state index contributed by atoms with van der Waals surface area (Å²) in [6, 6.07) is 9.37. The number of nitrogens with one attached hydrogen (secondary N) is 1. The van der Waals surface area contributed by atoms with Crippen LogP contribution in [-0.2, 0) is 7.05 Å². The molecule has 3 aromatic rings. The number of benzene rings is 1. The Morgan fingerprint density at radius 3 is 2.38 bits per heavy atom. The van der Waals surface area contributed by atoms with E-state index in [4.69, 9.17) is 4.74 Å². The van der Waals surface area contributed by atoms with Gasteiger partial charge in [-0.25, -0.2) is 9.97 Å². The molecule has 1 aromatic carbocycles. The van der Waals surface area contributed by atoms with E-state index in [0.717, 1.165) is 48.9 Å². The summed E-state index contributed by atoms with van der Waals surface area (Å²) in [5.74, 6) is 1.20. The number of likely N-dealkylation sites (N-methyl/N-ethyl adjacent to an activating group) is 1. The molecule has 1 N–H and O–H groups in total. The van der Waals surface area contributed by atoms with Crippen molar-refractivity contribution < 1.29 is 9.53 Å². The van der Waals surface area contributed by atoms with Crippen LogP contribution in [0.1, 0.15) is 21.9 Å². The van der Waals surface area contributed by atoms with Gasteiger partial charge in [0.2, 0.25) is 5.95 Å². The number of methoxy groups -OCH3 is 1. The molecular formula is C23H29N7O2. The average Bonchev–Trinajstić information content (AvgIpc) is 3.18. The molecule has 2 aromatic heterocycles. The number of rotatable bonds is 5. The van der Waals surface area contributed by atoms with E-state index in [2.05, 4.69) is 37.2 Å². The van der Waals surface area contributed by atoms with Gasteiger partial charge >= 0.3 is 0 Å². The molecule has 0 unspecified atom stereocenters. The third kappa shape index (κ3) is 4.43. The number of carbonyl (C=O) groups excluding carboxylic acids is 1. The lowest BCUT2D eigenvalue weighted by Gasteiger charge is -2.32. The summed E-state index contributed by atoms with van der Waals surface area (Å²) in [4.78, 5) is 26.9. The lowest BCUT2D eigenvalue weighted by molar-refractivity contribution is 0.101. The van der Waals surface area contributed by atoms with Crippen LogP contribution in [0.2, 0.25) is 0 Å². The molecule has 1 saturated heterocycles. The van der Waals surface area contributed by atoms with E-state index in [-0.39, 0.29) is 5.91 Å². The summed E-state index contributed by atoms with van der Waals surface area (Å²) < 4.78 is 6.87. The molecule has 0 saturated carbocycles. The van der Waals surface area contributed by atoms with Crippen molar-refractivity contribution in [2.45, 2.75) is 13.8 Å². The first kappa shape index (κ1) is 21.8. The normalized spacial score (nSPS) is 14.5. The SMILES string of the molecule is COc1cccc(-c2cc(C(=O)Nc3c(C)nc(N4CCN(C)CC4)nc3C)n(C)n2)c1. The molecule has 0 bridgehead atoms. The largest absolute Gasteiger partial charge is 0.497 e. The second kappa shape index (κ2) is 8.96. The maximum atomic E-state index is 13.1. The monoisotopic (exact) mass is 435 g/mol. The molecule has 0 radical (unpaired) electrons. The minimum Gasteiger partial charge on any atom is -0.497 e. The lowest BCUT2D eigenvalue weighted by Crippen LogP contribution is -2.45. The molecule has 3 heterocycles. The van der Waals surface area contributed by atoms with Crippen molar-refractivity contribution in [3.8, 4) is 17.0 Å². The Morgan fingerprint density at radius 1 is 1.03 bits per heavy atom. The topological polar surface area (TPSA) is 88.4 Å². The number of aromatic nitrogens is 4. The highest BCUT2D eigenvalue weighted by Gasteiger charge is 2.21. The first-order valence-corrected chi connectivity index (χ1v) is 10.6. The summed E-state index contributed by atoms with van der Waals surface area (Å²) in [5.41, 5.74) is 4.16. The Bertz CT molecular complexity index is 1110. The van der Waals surface area contributed by atoms with Crippen LogP contribution in [0.3, 0.4) is 0 Å². The van der Waals surface area contributed by atoms with Gasteiger partial charge in [0.15, 0.2) is 0 Å². The van der Waals surface area contributed by atoms with Gasteiger partial charge in [-0.15, -0.1) is 0 Å². The Hall–Kier alpha value is -3.46.